The summed E-state index contributed by atoms with van der Waals surface area (Å²) >= 11 is 5.31. The smallest absolute Gasteiger partial charge is 0.325 e. The van der Waals surface area contributed by atoms with Gasteiger partial charge in [-0.1, -0.05) is 35.9 Å². The van der Waals surface area contributed by atoms with E-state index in [0.717, 1.165) is 5.56 Å². The molecule has 1 amide bonds. The van der Waals surface area contributed by atoms with Gasteiger partial charge in [0.25, 0.3) is 5.91 Å². The molecular formula is C24H26N2O5S. The standard InChI is InChI=1S/C24H26N2O5S/c1-5-30-21-13-18(10-11-20(21)31-15-17-8-6-16(2)7-9-17)12-19-23(28)25(3)24(32)26(19)14-22(27)29-4/h6-13H,5,14-15H2,1-4H3. The predicted octanol–water partition coefficient (Wildman–Crippen LogP) is 3.55. The Balaban J connectivity index is 1.86. The van der Waals surface area contributed by atoms with Crippen molar-refractivity contribution in [1.82, 2.24) is 9.80 Å². The highest BCUT2D eigenvalue weighted by Gasteiger charge is 2.36. The van der Waals surface area contributed by atoms with Crippen LogP contribution in [0.1, 0.15) is 23.6 Å². The van der Waals surface area contributed by atoms with Gasteiger partial charge in [0.2, 0.25) is 0 Å². The molecule has 32 heavy (non-hydrogen) atoms. The zero-order valence-electron chi connectivity index (χ0n) is 18.6. The van der Waals surface area contributed by atoms with Crippen molar-refractivity contribution in [3.8, 4) is 11.5 Å². The molecule has 0 spiro atoms. The number of carbonyl (C=O) groups excluding carboxylic acids is 2. The summed E-state index contributed by atoms with van der Waals surface area (Å²) in [4.78, 5) is 27.3. The summed E-state index contributed by atoms with van der Waals surface area (Å²) in [6.07, 6.45) is 1.67. The van der Waals surface area contributed by atoms with Gasteiger partial charge in [-0.25, -0.2) is 0 Å². The Kier molecular flexibility index (Phi) is 7.48. The molecule has 7 nitrogen and oxygen atoms in total. The third-order valence-electron chi connectivity index (χ3n) is 4.93. The number of hydrogen-bond acceptors (Lipinski definition) is 6. The Bertz CT molecular complexity index is 1050. The number of ether oxygens (including phenoxy) is 3. The van der Waals surface area contributed by atoms with Crippen LogP contribution in [-0.4, -0.2) is 54.1 Å². The van der Waals surface area contributed by atoms with Crippen molar-refractivity contribution in [3.05, 3.63) is 64.9 Å². The topological polar surface area (TPSA) is 68.3 Å². The van der Waals surface area contributed by atoms with Crippen LogP contribution in [0.2, 0.25) is 0 Å². The highest BCUT2D eigenvalue weighted by Crippen LogP contribution is 2.31. The van der Waals surface area contributed by atoms with Gasteiger partial charge in [-0.3, -0.25) is 14.5 Å². The van der Waals surface area contributed by atoms with Gasteiger partial charge in [0.1, 0.15) is 18.8 Å². The molecule has 0 N–H and O–H groups in total. The zero-order chi connectivity index (χ0) is 23.3. The number of benzene rings is 2. The second-order valence-corrected chi connectivity index (χ2v) is 7.62. The first-order valence-electron chi connectivity index (χ1n) is 10.2. The van der Waals surface area contributed by atoms with E-state index in [1.54, 1.807) is 25.3 Å². The third-order valence-corrected chi connectivity index (χ3v) is 5.43. The summed E-state index contributed by atoms with van der Waals surface area (Å²) in [5.74, 6) is 0.383. The summed E-state index contributed by atoms with van der Waals surface area (Å²) < 4.78 is 16.5. The molecule has 0 saturated carbocycles. The van der Waals surface area contributed by atoms with Crippen molar-refractivity contribution >= 4 is 35.3 Å². The molecular weight excluding hydrogens is 428 g/mol. The van der Waals surface area contributed by atoms with Gasteiger partial charge in [0.15, 0.2) is 16.6 Å². The lowest BCUT2D eigenvalue weighted by Crippen LogP contribution is -2.33. The van der Waals surface area contributed by atoms with Crippen molar-refractivity contribution in [2.75, 3.05) is 27.3 Å². The van der Waals surface area contributed by atoms with Gasteiger partial charge in [-0.2, -0.15) is 0 Å². The summed E-state index contributed by atoms with van der Waals surface area (Å²) in [7, 11) is 2.86. The fourth-order valence-electron chi connectivity index (χ4n) is 3.15. The predicted molar refractivity (Wildman–Crippen MR) is 125 cm³/mol. The molecule has 0 radical (unpaired) electrons. The van der Waals surface area contributed by atoms with Gasteiger partial charge in [0.05, 0.1) is 13.7 Å². The normalized spacial score (nSPS) is 14.8. The van der Waals surface area contributed by atoms with E-state index in [2.05, 4.69) is 0 Å². The monoisotopic (exact) mass is 454 g/mol. The van der Waals surface area contributed by atoms with Crippen LogP contribution in [0.4, 0.5) is 0 Å². The summed E-state index contributed by atoms with van der Waals surface area (Å²) in [6, 6.07) is 13.6. The lowest BCUT2D eigenvalue weighted by Gasteiger charge is -2.17. The maximum absolute atomic E-state index is 12.7. The van der Waals surface area contributed by atoms with Crippen molar-refractivity contribution in [2.24, 2.45) is 0 Å². The quantitative estimate of drug-likeness (QED) is 0.343. The second kappa shape index (κ2) is 10.3. The molecule has 0 atom stereocenters. The molecule has 0 bridgehead atoms. The fraction of sp³-hybridized carbons (Fsp3) is 0.292. The number of amides is 1. The Morgan fingerprint density at radius 3 is 2.47 bits per heavy atom. The Morgan fingerprint density at radius 2 is 1.81 bits per heavy atom. The van der Waals surface area contributed by atoms with E-state index < -0.39 is 5.97 Å². The third kappa shape index (κ3) is 5.26. The maximum Gasteiger partial charge on any atom is 0.325 e. The molecule has 1 aliphatic heterocycles. The lowest BCUT2D eigenvalue weighted by atomic mass is 10.1. The van der Waals surface area contributed by atoms with E-state index in [0.29, 0.717) is 36.0 Å². The van der Waals surface area contributed by atoms with Crippen LogP contribution in [0.15, 0.2) is 48.2 Å². The first-order chi connectivity index (χ1) is 15.3. The molecule has 168 valence electrons. The summed E-state index contributed by atoms with van der Waals surface area (Å²) in [5.41, 5.74) is 3.25. The number of nitrogens with zero attached hydrogens (tertiary/aromatic N) is 2. The van der Waals surface area contributed by atoms with Crippen LogP contribution in [0.3, 0.4) is 0 Å². The van der Waals surface area contributed by atoms with Crippen LogP contribution in [-0.2, 0) is 20.9 Å². The van der Waals surface area contributed by atoms with Gasteiger partial charge < -0.3 is 19.1 Å². The first kappa shape index (κ1) is 23.3. The molecule has 1 aliphatic rings. The average molecular weight is 455 g/mol. The van der Waals surface area contributed by atoms with Crippen molar-refractivity contribution in [2.45, 2.75) is 20.5 Å². The van der Waals surface area contributed by atoms with E-state index in [1.807, 2.05) is 44.2 Å². The molecule has 0 unspecified atom stereocenters. The molecule has 1 fully saturated rings. The zero-order valence-corrected chi connectivity index (χ0v) is 19.4. The van der Waals surface area contributed by atoms with Gasteiger partial charge >= 0.3 is 5.97 Å². The number of rotatable bonds is 8. The highest BCUT2D eigenvalue weighted by atomic mass is 32.1. The van der Waals surface area contributed by atoms with E-state index in [-0.39, 0.29) is 17.6 Å². The van der Waals surface area contributed by atoms with Crippen LogP contribution in [0.25, 0.3) is 6.08 Å². The van der Waals surface area contributed by atoms with E-state index >= 15 is 0 Å². The number of likely N-dealkylation sites (N-methyl/N-ethyl adjacent to an activating group) is 1. The van der Waals surface area contributed by atoms with E-state index in [1.165, 1.54) is 22.5 Å². The number of esters is 1. The van der Waals surface area contributed by atoms with Gasteiger partial charge in [-0.05, 0) is 55.4 Å². The van der Waals surface area contributed by atoms with Crippen LogP contribution in [0, 0.1) is 6.92 Å². The number of thiocarbonyl (C=S) groups is 1. The number of methoxy groups -OCH3 is 1. The van der Waals surface area contributed by atoms with Gasteiger partial charge in [0, 0.05) is 7.05 Å². The molecule has 0 aromatic heterocycles. The summed E-state index contributed by atoms with van der Waals surface area (Å²) in [6.45, 7) is 4.65. The van der Waals surface area contributed by atoms with Crippen molar-refractivity contribution < 1.29 is 23.8 Å². The molecule has 1 saturated heterocycles. The number of carbonyl (C=O) groups is 2. The van der Waals surface area contributed by atoms with Crippen molar-refractivity contribution in [1.29, 1.82) is 0 Å². The van der Waals surface area contributed by atoms with E-state index in [4.69, 9.17) is 26.4 Å². The van der Waals surface area contributed by atoms with Gasteiger partial charge in [-0.15, -0.1) is 0 Å². The average Bonchev–Trinajstić information content (AvgIpc) is 2.98. The summed E-state index contributed by atoms with van der Waals surface area (Å²) in [5, 5.41) is 0.245. The molecule has 1 heterocycles. The van der Waals surface area contributed by atoms with Crippen LogP contribution >= 0.6 is 12.2 Å². The number of hydrogen-bond donors (Lipinski definition) is 0. The number of aryl methyl sites for hydroxylation is 1. The molecule has 0 aliphatic carbocycles. The lowest BCUT2D eigenvalue weighted by molar-refractivity contribution is -0.140. The van der Waals surface area contributed by atoms with Crippen LogP contribution < -0.4 is 9.47 Å². The minimum absolute atomic E-state index is 0.146. The highest BCUT2D eigenvalue weighted by molar-refractivity contribution is 7.80. The second-order valence-electron chi connectivity index (χ2n) is 7.25. The Morgan fingerprint density at radius 1 is 1.09 bits per heavy atom. The largest absolute Gasteiger partial charge is 0.490 e. The minimum atomic E-state index is -0.490. The maximum atomic E-state index is 12.7. The van der Waals surface area contributed by atoms with E-state index in [9.17, 15) is 9.59 Å². The molecule has 8 heteroatoms. The molecule has 2 aromatic carbocycles. The minimum Gasteiger partial charge on any atom is -0.490 e. The van der Waals surface area contributed by atoms with Crippen LogP contribution in [0.5, 0.6) is 11.5 Å². The van der Waals surface area contributed by atoms with Crippen molar-refractivity contribution in [3.63, 3.8) is 0 Å². The molecule has 3 rings (SSSR count). The first-order valence-corrected chi connectivity index (χ1v) is 10.6. The SMILES string of the molecule is CCOc1cc(C=C2C(=O)N(C)C(=S)N2CC(=O)OC)ccc1OCc1ccc(C)cc1. The Labute approximate surface area is 193 Å². The molecule has 2 aromatic rings. The fourth-order valence-corrected chi connectivity index (χ4v) is 3.40. The Hall–Kier alpha value is -3.39.